The second-order valence-electron chi connectivity index (χ2n) is 4.86. The second-order valence-corrected chi connectivity index (χ2v) is 4.86. The van der Waals surface area contributed by atoms with Gasteiger partial charge in [0.05, 0.1) is 0 Å². The first kappa shape index (κ1) is 11.8. The Kier molecular flexibility index (Phi) is 3.57. The molecule has 1 fully saturated rings. The van der Waals surface area contributed by atoms with Crippen molar-refractivity contribution in [3.05, 3.63) is 35.9 Å². The van der Waals surface area contributed by atoms with Gasteiger partial charge in [-0.25, -0.2) is 5.43 Å². The minimum Gasteiger partial charge on any atom is -0.273 e. The van der Waals surface area contributed by atoms with E-state index in [1.54, 1.807) is 6.21 Å². The molecule has 90 valence electrons. The molecule has 0 saturated heterocycles. The predicted molar refractivity (Wildman–Crippen MR) is 68.8 cm³/mol. The van der Waals surface area contributed by atoms with Crippen LogP contribution in [0.3, 0.4) is 0 Å². The maximum atomic E-state index is 11.7. The van der Waals surface area contributed by atoms with Gasteiger partial charge in [-0.15, -0.1) is 0 Å². The zero-order valence-electron chi connectivity index (χ0n) is 10.3. The van der Waals surface area contributed by atoms with Crippen LogP contribution in [0.1, 0.15) is 31.7 Å². The van der Waals surface area contributed by atoms with Gasteiger partial charge in [-0.05, 0) is 23.8 Å². The van der Waals surface area contributed by atoms with Gasteiger partial charge in [0.15, 0.2) is 0 Å². The van der Waals surface area contributed by atoms with Gasteiger partial charge in [-0.2, -0.15) is 5.10 Å². The van der Waals surface area contributed by atoms with Crippen molar-refractivity contribution in [1.82, 2.24) is 5.43 Å². The van der Waals surface area contributed by atoms with E-state index in [0.29, 0.717) is 11.8 Å². The van der Waals surface area contributed by atoms with Crippen molar-refractivity contribution >= 4 is 12.1 Å². The van der Waals surface area contributed by atoms with E-state index >= 15 is 0 Å². The molecule has 0 aliphatic heterocycles. The molecule has 0 aromatic heterocycles. The molecule has 17 heavy (non-hydrogen) atoms. The number of carbonyl (C=O) groups excluding carboxylic acids is 1. The zero-order valence-corrected chi connectivity index (χ0v) is 10.3. The molecule has 0 heterocycles. The minimum absolute atomic E-state index is 0.0377. The quantitative estimate of drug-likeness (QED) is 0.627. The highest BCUT2D eigenvalue weighted by atomic mass is 16.2. The molecule has 1 aromatic carbocycles. The van der Waals surface area contributed by atoms with Crippen LogP contribution < -0.4 is 5.43 Å². The van der Waals surface area contributed by atoms with E-state index in [0.717, 1.165) is 6.42 Å². The molecule has 0 radical (unpaired) electrons. The van der Waals surface area contributed by atoms with Crippen LogP contribution in [-0.4, -0.2) is 12.1 Å². The molecule has 2 rings (SSSR count). The second kappa shape index (κ2) is 5.13. The minimum atomic E-state index is 0.0377. The summed E-state index contributed by atoms with van der Waals surface area (Å²) in [6.07, 6.45) is 2.69. The summed E-state index contributed by atoms with van der Waals surface area (Å²) in [7, 11) is 0. The monoisotopic (exact) mass is 230 g/mol. The van der Waals surface area contributed by atoms with Gasteiger partial charge in [-0.3, -0.25) is 4.79 Å². The smallest absolute Gasteiger partial charge is 0.243 e. The molecule has 0 bridgehead atoms. The van der Waals surface area contributed by atoms with E-state index in [9.17, 15) is 4.79 Å². The Morgan fingerprint density at radius 1 is 1.41 bits per heavy atom. The van der Waals surface area contributed by atoms with Crippen LogP contribution in [0.15, 0.2) is 35.4 Å². The van der Waals surface area contributed by atoms with Crippen LogP contribution in [-0.2, 0) is 4.79 Å². The van der Waals surface area contributed by atoms with Gasteiger partial charge in [-0.1, -0.05) is 44.2 Å². The predicted octanol–water partition coefficient (Wildman–Crippen LogP) is 2.55. The molecule has 1 amide bonds. The zero-order chi connectivity index (χ0) is 12.3. The molecular formula is C14H18N2O. The third-order valence-corrected chi connectivity index (χ3v) is 2.90. The summed E-state index contributed by atoms with van der Waals surface area (Å²) < 4.78 is 0. The lowest BCUT2D eigenvalue weighted by Crippen LogP contribution is -2.20. The Hall–Kier alpha value is -1.64. The number of hydrazone groups is 1. The molecule has 1 aromatic rings. The SMILES string of the molecule is CC(C)/C=N/NC(=O)C1CC1c1ccccc1. The molecule has 3 nitrogen and oxygen atoms in total. The van der Waals surface area contributed by atoms with E-state index in [4.69, 9.17) is 0 Å². The summed E-state index contributed by atoms with van der Waals surface area (Å²) in [5, 5.41) is 3.94. The van der Waals surface area contributed by atoms with Gasteiger partial charge in [0.2, 0.25) is 5.91 Å². The van der Waals surface area contributed by atoms with Crippen molar-refractivity contribution in [2.24, 2.45) is 16.9 Å². The highest BCUT2D eigenvalue weighted by Crippen LogP contribution is 2.47. The fourth-order valence-corrected chi connectivity index (χ4v) is 1.89. The summed E-state index contributed by atoms with van der Waals surface area (Å²) in [4.78, 5) is 11.7. The lowest BCUT2D eigenvalue weighted by molar-refractivity contribution is -0.122. The molecule has 1 aliphatic carbocycles. The third-order valence-electron chi connectivity index (χ3n) is 2.90. The molecule has 2 atom stereocenters. The fraction of sp³-hybridized carbons (Fsp3) is 0.429. The maximum Gasteiger partial charge on any atom is 0.243 e. The van der Waals surface area contributed by atoms with Gasteiger partial charge in [0, 0.05) is 12.1 Å². The molecule has 2 unspecified atom stereocenters. The number of hydrogen-bond donors (Lipinski definition) is 1. The summed E-state index contributed by atoms with van der Waals surface area (Å²) >= 11 is 0. The molecule has 1 saturated carbocycles. The number of amides is 1. The number of nitrogens with zero attached hydrogens (tertiary/aromatic N) is 1. The van der Waals surface area contributed by atoms with Crippen LogP contribution in [0, 0.1) is 11.8 Å². The van der Waals surface area contributed by atoms with Crippen LogP contribution in [0.2, 0.25) is 0 Å². The van der Waals surface area contributed by atoms with E-state index in [1.165, 1.54) is 5.56 Å². The van der Waals surface area contributed by atoms with Crippen molar-refractivity contribution in [3.8, 4) is 0 Å². The summed E-state index contributed by atoms with van der Waals surface area (Å²) in [5.41, 5.74) is 3.86. The number of benzene rings is 1. The Bertz CT molecular complexity index is 411. The first-order chi connectivity index (χ1) is 8.18. The third kappa shape index (κ3) is 3.16. The summed E-state index contributed by atoms with van der Waals surface area (Å²) in [5.74, 6) is 0.877. The van der Waals surface area contributed by atoms with Crippen LogP contribution in [0.5, 0.6) is 0 Å². The number of nitrogens with one attached hydrogen (secondary N) is 1. The van der Waals surface area contributed by atoms with Gasteiger partial charge >= 0.3 is 0 Å². The Morgan fingerprint density at radius 3 is 2.76 bits per heavy atom. The first-order valence-corrected chi connectivity index (χ1v) is 6.06. The van der Waals surface area contributed by atoms with E-state index in [-0.39, 0.29) is 11.8 Å². The maximum absolute atomic E-state index is 11.7. The summed E-state index contributed by atoms with van der Waals surface area (Å²) in [6.45, 7) is 4.05. The Morgan fingerprint density at radius 2 is 2.12 bits per heavy atom. The topological polar surface area (TPSA) is 41.5 Å². The van der Waals surface area contributed by atoms with E-state index in [1.807, 2.05) is 32.0 Å². The highest BCUT2D eigenvalue weighted by molar-refractivity contribution is 5.83. The van der Waals surface area contributed by atoms with E-state index in [2.05, 4.69) is 22.7 Å². The van der Waals surface area contributed by atoms with Crippen molar-refractivity contribution in [1.29, 1.82) is 0 Å². The van der Waals surface area contributed by atoms with Gasteiger partial charge in [0.1, 0.15) is 0 Å². The highest BCUT2D eigenvalue weighted by Gasteiger charge is 2.43. The molecule has 3 heteroatoms. The molecule has 1 aliphatic rings. The van der Waals surface area contributed by atoms with Crippen LogP contribution in [0.4, 0.5) is 0 Å². The summed E-state index contributed by atoms with van der Waals surface area (Å²) in [6, 6.07) is 10.2. The number of hydrogen-bond acceptors (Lipinski definition) is 2. The van der Waals surface area contributed by atoms with Crippen LogP contribution >= 0.6 is 0 Å². The fourth-order valence-electron chi connectivity index (χ4n) is 1.89. The molecule has 1 N–H and O–H groups in total. The molecular weight excluding hydrogens is 212 g/mol. The van der Waals surface area contributed by atoms with Crippen molar-refractivity contribution < 1.29 is 4.79 Å². The van der Waals surface area contributed by atoms with Gasteiger partial charge in [0.25, 0.3) is 0 Å². The van der Waals surface area contributed by atoms with Crippen molar-refractivity contribution in [3.63, 3.8) is 0 Å². The largest absolute Gasteiger partial charge is 0.273 e. The molecule has 0 spiro atoms. The number of carbonyl (C=O) groups is 1. The lowest BCUT2D eigenvalue weighted by Gasteiger charge is -2.00. The first-order valence-electron chi connectivity index (χ1n) is 6.06. The Labute approximate surface area is 102 Å². The van der Waals surface area contributed by atoms with E-state index < -0.39 is 0 Å². The van der Waals surface area contributed by atoms with Gasteiger partial charge < -0.3 is 0 Å². The van der Waals surface area contributed by atoms with Crippen molar-refractivity contribution in [2.45, 2.75) is 26.2 Å². The number of rotatable bonds is 4. The Balaban J connectivity index is 1.85. The van der Waals surface area contributed by atoms with Crippen molar-refractivity contribution in [2.75, 3.05) is 0 Å². The standard InChI is InChI=1S/C14H18N2O/c1-10(2)9-15-16-14(17)13-8-12(13)11-6-4-3-5-7-11/h3-7,9-10,12-13H,8H2,1-2H3,(H,16,17)/b15-9+. The lowest BCUT2D eigenvalue weighted by atomic mass is 10.1. The normalized spacial score (nSPS) is 23.0. The van der Waals surface area contributed by atoms with Crippen LogP contribution in [0.25, 0.3) is 0 Å². The average Bonchev–Trinajstić information content (AvgIpc) is 3.09. The average molecular weight is 230 g/mol.